The molecule has 0 heterocycles. The molecular weight excluding hydrogens is 272 g/mol. The van der Waals surface area contributed by atoms with Gasteiger partial charge in [0.2, 0.25) is 0 Å². The lowest BCUT2D eigenvalue weighted by Gasteiger charge is -2.65. The van der Waals surface area contributed by atoms with Crippen LogP contribution in [0.25, 0.3) is 0 Å². The zero-order valence-electron chi connectivity index (χ0n) is 14.4. The van der Waals surface area contributed by atoms with Crippen LogP contribution in [0.2, 0.25) is 0 Å². The molecule has 2 bridgehead atoms. The fraction of sp³-hybridized carbons (Fsp3) is 0.900. The molecule has 4 aliphatic rings. The molecule has 0 saturated heterocycles. The van der Waals surface area contributed by atoms with Crippen LogP contribution in [0.3, 0.4) is 0 Å². The molecule has 0 aromatic carbocycles. The Bertz CT molecular complexity index is 510. The Morgan fingerprint density at radius 3 is 2.55 bits per heavy atom. The molecule has 22 heavy (non-hydrogen) atoms. The molecule has 3 fully saturated rings. The average molecular weight is 304 g/mol. The van der Waals surface area contributed by atoms with Crippen molar-refractivity contribution in [2.75, 3.05) is 6.61 Å². The lowest BCUT2D eigenvalue weighted by Crippen LogP contribution is -2.61. The van der Waals surface area contributed by atoms with Crippen molar-refractivity contribution >= 4 is 0 Å². The molecule has 0 radical (unpaired) electrons. The van der Waals surface area contributed by atoms with Crippen molar-refractivity contribution in [1.29, 1.82) is 0 Å². The second-order valence-corrected chi connectivity index (χ2v) is 9.89. The highest BCUT2D eigenvalue weighted by Gasteiger charge is 2.66. The van der Waals surface area contributed by atoms with Crippen molar-refractivity contribution in [3.63, 3.8) is 0 Å². The Labute approximate surface area is 135 Å². The first-order valence-electron chi connectivity index (χ1n) is 9.27. The van der Waals surface area contributed by atoms with Gasteiger partial charge in [0.15, 0.2) is 0 Å². The molecule has 3 saturated carbocycles. The van der Waals surface area contributed by atoms with Crippen LogP contribution in [0.4, 0.5) is 0 Å². The predicted octanol–water partition coefficient (Wildman–Crippen LogP) is 3.92. The average Bonchev–Trinajstić information content (AvgIpc) is 2.76. The maximum absolute atomic E-state index is 11.1. The zero-order valence-corrected chi connectivity index (χ0v) is 14.4. The van der Waals surface area contributed by atoms with E-state index in [2.05, 4.69) is 32.9 Å². The fourth-order valence-corrected chi connectivity index (χ4v) is 7.38. The van der Waals surface area contributed by atoms with Crippen LogP contribution in [0, 0.1) is 33.5 Å². The van der Waals surface area contributed by atoms with Crippen LogP contribution in [-0.2, 0) is 0 Å². The molecule has 0 aromatic rings. The Morgan fingerprint density at radius 1 is 1.05 bits per heavy atom. The minimum atomic E-state index is -0.224. The van der Waals surface area contributed by atoms with Gasteiger partial charge in [-0.15, -0.1) is 0 Å². The quantitative estimate of drug-likeness (QED) is 0.721. The molecule has 0 amide bonds. The molecule has 0 aromatic heterocycles. The molecule has 6 unspecified atom stereocenters. The summed E-state index contributed by atoms with van der Waals surface area (Å²) < 4.78 is 0. The molecule has 124 valence electrons. The minimum absolute atomic E-state index is 0.0368. The predicted molar refractivity (Wildman–Crippen MR) is 88.3 cm³/mol. The van der Waals surface area contributed by atoms with Gasteiger partial charge in [-0.1, -0.05) is 39.3 Å². The molecular formula is C20H32O2. The third-order valence-electron chi connectivity index (χ3n) is 8.45. The molecule has 6 atom stereocenters. The number of aliphatic hydroxyl groups excluding tert-OH is 2. The fourth-order valence-electron chi connectivity index (χ4n) is 7.38. The summed E-state index contributed by atoms with van der Waals surface area (Å²) in [6.45, 7) is 7.61. The van der Waals surface area contributed by atoms with Gasteiger partial charge < -0.3 is 10.2 Å². The van der Waals surface area contributed by atoms with E-state index in [0.29, 0.717) is 22.7 Å². The van der Waals surface area contributed by atoms with Crippen LogP contribution in [0.1, 0.15) is 65.7 Å². The summed E-state index contributed by atoms with van der Waals surface area (Å²) in [7, 11) is 0. The third kappa shape index (κ3) is 1.69. The molecule has 2 nitrogen and oxygen atoms in total. The molecule has 4 aliphatic carbocycles. The highest BCUT2D eigenvalue weighted by molar-refractivity contribution is 5.28. The summed E-state index contributed by atoms with van der Waals surface area (Å²) in [5, 5.41) is 21.0. The van der Waals surface area contributed by atoms with Crippen molar-refractivity contribution in [2.45, 2.75) is 71.8 Å². The van der Waals surface area contributed by atoms with Crippen LogP contribution in [0.5, 0.6) is 0 Å². The largest absolute Gasteiger partial charge is 0.395 e. The maximum Gasteiger partial charge on any atom is 0.0637 e. The second kappa shape index (κ2) is 4.39. The van der Waals surface area contributed by atoms with Crippen molar-refractivity contribution in [3.8, 4) is 0 Å². The van der Waals surface area contributed by atoms with Gasteiger partial charge in [0.1, 0.15) is 0 Å². The van der Waals surface area contributed by atoms with Gasteiger partial charge in [0.25, 0.3) is 0 Å². The monoisotopic (exact) mass is 304 g/mol. The van der Waals surface area contributed by atoms with Crippen LogP contribution < -0.4 is 0 Å². The van der Waals surface area contributed by atoms with Crippen molar-refractivity contribution in [2.24, 2.45) is 33.5 Å². The normalized spacial score (nSPS) is 55.6. The SMILES string of the molecule is CC1(C)CCCC2(C)C1CC(O)C13C=CC(CO)(CCC21)C3. The smallest absolute Gasteiger partial charge is 0.0637 e. The summed E-state index contributed by atoms with van der Waals surface area (Å²) >= 11 is 0. The van der Waals surface area contributed by atoms with Gasteiger partial charge in [-0.3, -0.25) is 0 Å². The standard InChI is InChI=1S/C20H32O2/c1-17(2)6-4-7-18(3)14-5-8-19(13-21)9-10-20(14,12-19)16(22)11-15(17)18/h9-10,14-16,21-22H,4-8,11-13H2,1-3H3. The lowest BCUT2D eigenvalue weighted by atomic mass is 9.40. The van der Waals surface area contributed by atoms with Crippen molar-refractivity contribution < 1.29 is 10.2 Å². The Hall–Kier alpha value is -0.340. The van der Waals surface area contributed by atoms with E-state index in [1.807, 2.05) is 0 Å². The third-order valence-corrected chi connectivity index (χ3v) is 8.45. The van der Waals surface area contributed by atoms with E-state index in [0.717, 1.165) is 19.3 Å². The van der Waals surface area contributed by atoms with E-state index in [4.69, 9.17) is 0 Å². The first-order chi connectivity index (χ1) is 10.3. The molecule has 0 aliphatic heterocycles. The van der Waals surface area contributed by atoms with E-state index >= 15 is 0 Å². The number of rotatable bonds is 1. The first kappa shape index (κ1) is 15.2. The molecule has 1 spiro atoms. The van der Waals surface area contributed by atoms with Gasteiger partial charge in [-0.25, -0.2) is 0 Å². The Morgan fingerprint density at radius 2 is 1.82 bits per heavy atom. The van der Waals surface area contributed by atoms with Gasteiger partial charge in [0, 0.05) is 10.8 Å². The van der Waals surface area contributed by atoms with E-state index in [1.165, 1.54) is 25.7 Å². The first-order valence-corrected chi connectivity index (χ1v) is 9.27. The maximum atomic E-state index is 11.1. The zero-order chi connectivity index (χ0) is 15.8. The highest BCUT2D eigenvalue weighted by Crippen LogP contribution is 2.71. The second-order valence-electron chi connectivity index (χ2n) is 9.89. The Kier molecular flexibility index (Phi) is 3.03. The van der Waals surface area contributed by atoms with Crippen LogP contribution in [0.15, 0.2) is 12.2 Å². The van der Waals surface area contributed by atoms with E-state index in [9.17, 15) is 10.2 Å². The van der Waals surface area contributed by atoms with E-state index in [1.54, 1.807) is 0 Å². The van der Waals surface area contributed by atoms with Gasteiger partial charge in [-0.05, 0) is 61.2 Å². The van der Waals surface area contributed by atoms with Crippen LogP contribution >= 0.6 is 0 Å². The summed E-state index contributed by atoms with van der Waals surface area (Å²) in [5.41, 5.74) is 0.616. The molecule has 2 N–H and O–H groups in total. The van der Waals surface area contributed by atoms with E-state index in [-0.39, 0.29) is 23.5 Å². The molecule has 4 rings (SSSR count). The number of fused-ring (bicyclic) bond motifs is 3. The molecule has 2 heteroatoms. The summed E-state index contributed by atoms with van der Waals surface area (Å²) in [5.74, 6) is 1.22. The minimum Gasteiger partial charge on any atom is -0.395 e. The van der Waals surface area contributed by atoms with Gasteiger partial charge in [0.05, 0.1) is 12.7 Å². The number of aliphatic hydroxyl groups is 2. The van der Waals surface area contributed by atoms with Gasteiger partial charge >= 0.3 is 0 Å². The summed E-state index contributed by atoms with van der Waals surface area (Å²) in [4.78, 5) is 0. The Balaban J connectivity index is 1.77. The topological polar surface area (TPSA) is 40.5 Å². The lowest BCUT2D eigenvalue weighted by molar-refractivity contribution is -0.192. The highest BCUT2D eigenvalue weighted by atomic mass is 16.3. The summed E-state index contributed by atoms with van der Waals surface area (Å²) in [6, 6.07) is 0. The van der Waals surface area contributed by atoms with E-state index < -0.39 is 0 Å². The van der Waals surface area contributed by atoms with Gasteiger partial charge in [-0.2, -0.15) is 0 Å². The number of hydrogen-bond donors (Lipinski definition) is 2. The number of hydrogen-bond acceptors (Lipinski definition) is 2. The van der Waals surface area contributed by atoms with Crippen LogP contribution in [-0.4, -0.2) is 22.9 Å². The van der Waals surface area contributed by atoms with Crippen molar-refractivity contribution in [3.05, 3.63) is 12.2 Å². The van der Waals surface area contributed by atoms with Crippen molar-refractivity contribution in [1.82, 2.24) is 0 Å². The summed E-state index contributed by atoms with van der Waals surface area (Å²) in [6.07, 6.45) is 12.5.